The zero-order valence-corrected chi connectivity index (χ0v) is 11.9. The van der Waals surface area contributed by atoms with E-state index in [0.717, 1.165) is 37.7 Å². The molecule has 1 saturated carbocycles. The van der Waals surface area contributed by atoms with E-state index in [0.29, 0.717) is 15.8 Å². The van der Waals surface area contributed by atoms with E-state index in [1.165, 1.54) is 12.8 Å². The number of hydrogen-bond donors (Lipinski definition) is 0. The number of ketones is 1. The molecule has 0 N–H and O–H groups in total. The van der Waals surface area contributed by atoms with Gasteiger partial charge in [-0.25, -0.2) is 0 Å². The third-order valence-electron chi connectivity index (χ3n) is 3.68. The molecular formula is C15H18Cl2O. The molecule has 1 unspecified atom stereocenters. The van der Waals surface area contributed by atoms with E-state index in [2.05, 4.69) is 0 Å². The van der Waals surface area contributed by atoms with Gasteiger partial charge in [-0.1, -0.05) is 54.6 Å². The maximum atomic E-state index is 12.1. The number of carbonyl (C=O) groups is 1. The minimum absolute atomic E-state index is 0.126. The van der Waals surface area contributed by atoms with Crippen LogP contribution in [0.2, 0.25) is 10.0 Å². The van der Waals surface area contributed by atoms with Crippen molar-refractivity contribution in [1.82, 2.24) is 0 Å². The molecule has 0 aliphatic heterocycles. The Balaban J connectivity index is 2.10. The zero-order valence-electron chi connectivity index (χ0n) is 10.4. The van der Waals surface area contributed by atoms with Gasteiger partial charge in [0.1, 0.15) is 5.78 Å². The summed E-state index contributed by atoms with van der Waals surface area (Å²) in [6.45, 7) is 0. The summed E-state index contributed by atoms with van der Waals surface area (Å²) in [7, 11) is 0. The molecule has 0 radical (unpaired) electrons. The predicted molar refractivity (Wildman–Crippen MR) is 76.4 cm³/mol. The highest BCUT2D eigenvalue weighted by molar-refractivity contribution is 6.42. The van der Waals surface area contributed by atoms with Crippen molar-refractivity contribution >= 4 is 29.0 Å². The van der Waals surface area contributed by atoms with Crippen LogP contribution in [0.4, 0.5) is 0 Å². The number of carbonyl (C=O) groups excluding carboxylic acids is 1. The van der Waals surface area contributed by atoms with Crippen molar-refractivity contribution in [2.75, 3.05) is 0 Å². The summed E-state index contributed by atoms with van der Waals surface area (Å²) in [5.74, 6) is 0.520. The molecule has 2 rings (SSSR count). The summed E-state index contributed by atoms with van der Waals surface area (Å²) in [6, 6.07) is 5.66. The molecule has 0 bridgehead atoms. The number of halogens is 2. The van der Waals surface area contributed by atoms with Gasteiger partial charge in [0.15, 0.2) is 0 Å². The SMILES string of the molecule is O=C1CCCCCCC1Cc1cccc(Cl)c1Cl. The Labute approximate surface area is 118 Å². The van der Waals surface area contributed by atoms with Crippen molar-refractivity contribution in [3.63, 3.8) is 0 Å². The lowest BCUT2D eigenvalue weighted by molar-refractivity contribution is -0.123. The smallest absolute Gasteiger partial charge is 0.136 e. The van der Waals surface area contributed by atoms with Gasteiger partial charge in [0.05, 0.1) is 10.0 Å². The van der Waals surface area contributed by atoms with Gasteiger partial charge in [0.25, 0.3) is 0 Å². The van der Waals surface area contributed by atoms with Crippen LogP contribution in [0.3, 0.4) is 0 Å². The zero-order chi connectivity index (χ0) is 13.0. The topological polar surface area (TPSA) is 17.1 Å². The third kappa shape index (κ3) is 3.49. The monoisotopic (exact) mass is 284 g/mol. The lowest BCUT2D eigenvalue weighted by Gasteiger charge is -2.19. The van der Waals surface area contributed by atoms with Crippen LogP contribution in [0.15, 0.2) is 18.2 Å². The molecule has 0 aromatic heterocycles. The van der Waals surface area contributed by atoms with Crippen LogP contribution < -0.4 is 0 Å². The van der Waals surface area contributed by atoms with Crippen molar-refractivity contribution in [2.24, 2.45) is 5.92 Å². The Morgan fingerprint density at radius 1 is 1.11 bits per heavy atom. The highest BCUT2D eigenvalue weighted by atomic mass is 35.5. The van der Waals surface area contributed by atoms with Crippen LogP contribution in [-0.4, -0.2) is 5.78 Å². The normalized spacial score (nSPS) is 21.4. The molecule has 1 atom stereocenters. The summed E-state index contributed by atoms with van der Waals surface area (Å²) >= 11 is 12.2. The summed E-state index contributed by atoms with van der Waals surface area (Å²) in [5.41, 5.74) is 1.00. The second-order valence-corrected chi connectivity index (χ2v) is 5.82. The van der Waals surface area contributed by atoms with Gasteiger partial charge in [0.2, 0.25) is 0 Å². The molecule has 1 aromatic carbocycles. The van der Waals surface area contributed by atoms with Gasteiger partial charge in [-0.3, -0.25) is 4.79 Å². The van der Waals surface area contributed by atoms with Crippen molar-refractivity contribution in [1.29, 1.82) is 0 Å². The average molecular weight is 285 g/mol. The molecule has 1 fully saturated rings. The molecule has 1 aliphatic rings. The highest BCUT2D eigenvalue weighted by Crippen LogP contribution is 2.30. The fraction of sp³-hybridized carbons (Fsp3) is 0.533. The largest absolute Gasteiger partial charge is 0.299 e. The second-order valence-electron chi connectivity index (χ2n) is 5.03. The van der Waals surface area contributed by atoms with E-state index in [4.69, 9.17) is 23.2 Å². The molecule has 0 amide bonds. The highest BCUT2D eigenvalue weighted by Gasteiger charge is 2.21. The van der Waals surface area contributed by atoms with E-state index >= 15 is 0 Å². The Morgan fingerprint density at radius 2 is 1.89 bits per heavy atom. The second kappa shape index (κ2) is 6.58. The Morgan fingerprint density at radius 3 is 2.72 bits per heavy atom. The standard InChI is InChI=1S/C15H18Cl2O/c16-13-8-5-7-12(15(13)17)10-11-6-3-1-2-4-9-14(11)18/h5,7-8,11H,1-4,6,9-10H2. The van der Waals surface area contributed by atoms with E-state index in [9.17, 15) is 4.79 Å². The van der Waals surface area contributed by atoms with E-state index in [-0.39, 0.29) is 5.92 Å². The van der Waals surface area contributed by atoms with Crippen molar-refractivity contribution in [3.8, 4) is 0 Å². The van der Waals surface area contributed by atoms with Crippen LogP contribution in [0.25, 0.3) is 0 Å². The Bertz CT molecular complexity index is 429. The van der Waals surface area contributed by atoms with E-state index in [1.54, 1.807) is 6.07 Å². The predicted octanol–water partition coefficient (Wildman–Crippen LogP) is 5.08. The maximum Gasteiger partial charge on any atom is 0.136 e. The summed E-state index contributed by atoms with van der Waals surface area (Å²) in [6.07, 6.45) is 7.07. The first-order valence-corrected chi connectivity index (χ1v) is 7.39. The van der Waals surface area contributed by atoms with Crippen LogP contribution in [0.1, 0.15) is 44.1 Å². The first-order chi connectivity index (χ1) is 8.68. The molecule has 0 saturated heterocycles. The van der Waals surface area contributed by atoms with Gasteiger partial charge in [0, 0.05) is 12.3 Å². The van der Waals surface area contributed by atoms with Gasteiger partial charge < -0.3 is 0 Å². The van der Waals surface area contributed by atoms with E-state index < -0.39 is 0 Å². The average Bonchev–Trinajstić information content (AvgIpc) is 2.34. The fourth-order valence-corrected chi connectivity index (χ4v) is 2.99. The van der Waals surface area contributed by atoms with Crippen LogP contribution in [0.5, 0.6) is 0 Å². The minimum atomic E-state index is 0.126. The molecular weight excluding hydrogens is 267 g/mol. The molecule has 3 heteroatoms. The van der Waals surface area contributed by atoms with Crippen LogP contribution in [-0.2, 0) is 11.2 Å². The van der Waals surface area contributed by atoms with Gasteiger partial charge in [-0.15, -0.1) is 0 Å². The van der Waals surface area contributed by atoms with E-state index in [1.807, 2.05) is 12.1 Å². The lowest BCUT2D eigenvalue weighted by atomic mass is 9.85. The summed E-state index contributed by atoms with van der Waals surface area (Å²) < 4.78 is 0. The first kappa shape index (κ1) is 13.9. The molecule has 1 aliphatic carbocycles. The minimum Gasteiger partial charge on any atom is -0.299 e. The van der Waals surface area contributed by atoms with Gasteiger partial charge >= 0.3 is 0 Å². The summed E-state index contributed by atoms with van der Waals surface area (Å²) in [5, 5.41) is 1.18. The molecule has 0 heterocycles. The van der Waals surface area contributed by atoms with Crippen molar-refractivity contribution < 1.29 is 4.79 Å². The molecule has 18 heavy (non-hydrogen) atoms. The van der Waals surface area contributed by atoms with Gasteiger partial charge in [-0.2, -0.15) is 0 Å². The number of benzene rings is 1. The van der Waals surface area contributed by atoms with Crippen molar-refractivity contribution in [2.45, 2.75) is 44.9 Å². The first-order valence-electron chi connectivity index (χ1n) is 6.64. The number of Topliss-reactive ketones (excluding diaryl/α,β-unsaturated/α-hetero) is 1. The van der Waals surface area contributed by atoms with Crippen LogP contribution in [0, 0.1) is 5.92 Å². The third-order valence-corrected chi connectivity index (χ3v) is 4.54. The molecule has 0 spiro atoms. The fourth-order valence-electron chi connectivity index (χ4n) is 2.60. The van der Waals surface area contributed by atoms with Crippen LogP contribution >= 0.6 is 23.2 Å². The Kier molecular flexibility index (Phi) is 5.08. The quantitative estimate of drug-likeness (QED) is 0.741. The van der Waals surface area contributed by atoms with Gasteiger partial charge in [-0.05, 0) is 30.9 Å². The number of rotatable bonds is 2. The maximum absolute atomic E-state index is 12.1. The molecule has 1 aromatic rings. The molecule has 98 valence electrons. The Hall–Kier alpha value is -0.530. The summed E-state index contributed by atoms with van der Waals surface area (Å²) in [4.78, 5) is 12.1. The molecule has 1 nitrogen and oxygen atoms in total. The lowest BCUT2D eigenvalue weighted by Crippen LogP contribution is -2.19. The van der Waals surface area contributed by atoms with Crippen molar-refractivity contribution in [3.05, 3.63) is 33.8 Å². The number of hydrogen-bond acceptors (Lipinski definition) is 1.